The molecule has 0 radical (unpaired) electrons. The van der Waals surface area contributed by atoms with Gasteiger partial charge >= 0.3 is 0 Å². The van der Waals surface area contributed by atoms with E-state index in [1.165, 1.54) is 0 Å². The summed E-state index contributed by atoms with van der Waals surface area (Å²) in [6, 6.07) is 12.0. The van der Waals surface area contributed by atoms with Crippen LogP contribution in [-0.4, -0.2) is 34.2 Å². The van der Waals surface area contributed by atoms with Crippen molar-refractivity contribution >= 4 is 9.84 Å². The van der Waals surface area contributed by atoms with Crippen LogP contribution in [0.25, 0.3) is 0 Å². The molecular weight excluding hydrogens is 350 g/mol. The van der Waals surface area contributed by atoms with E-state index in [1.807, 2.05) is 13.0 Å². The lowest BCUT2D eigenvalue weighted by atomic mass is 9.90. The SMILES string of the molecule is CCCOc1cccc(S(=O)(=O)c2ccc3c(c2)OC2CNCCC32)c1. The van der Waals surface area contributed by atoms with Crippen molar-refractivity contribution in [3.8, 4) is 11.5 Å². The van der Waals surface area contributed by atoms with Gasteiger partial charge in [-0.3, -0.25) is 0 Å². The summed E-state index contributed by atoms with van der Waals surface area (Å²) in [5, 5.41) is 3.33. The van der Waals surface area contributed by atoms with Crippen molar-refractivity contribution in [1.82, 2.24) is 5.32 Å². The maximum atomic E-state index is 13.1. The fourth-order valence-corrected chi connectivity index (χ4v) is 4.96. The van der Waals surface area contributed by atoms with Crippen LogP contribution >= 0.6 is 0 Å². The van der Waals surface area contributed by atoms with Gasteiger partial charge in [-0.2, -0.15) is 0 Å². The summed E-state index contributed by atoms with van der Waals surface area (Å²) in [4.78, 5) is 0.499. The van der Waals surface area contributed by atoms with Gasteiger partial charge in [0.25, 0.3) is 0 Å². The number of hydrogen-bond donors (Lipinski definition) is 1. The van der Waals surface area contributed by atoms with Crippen molar-refractivity contribution < 1.29 is 17.9 Å². The van der Waals surface area contributed by atoms with E-state index in [-0.39, 0.29) is 15.9 Å². The summed E-state index contributed by atoms with van der Waals surface area (Å²) < 4.78 is 37.7. The minimum Gasteiger partial charge on any atom is -0.494 e. The molecule has 1 fully saturated rings. The van der Waals surface area contributed by atoms with Crippen molar-refractivity contribution in [3.63, 3.8) is 0 Å². The molecule has 138 valence electrons. The molecule has 26 heavy (non-hydrogen) atoms. The molecular formula is C20H23NO4S. The molecule has 6 heteroatoms. The molecule has 2 atom stereocenters. The zero-order chi connectivity index (χ0) is 18.1. The summed E-state index contributed by atoms with van der Waals surface area (Å²) in [6.45, 7) is 4.35. The minimum atomic E-state index is -3.62. The Balaban J connectivity index is 1.65. The zero-order valence-electron chi connectivity index (χ0n) is 14.8. The summed E-state index contributed by atoms with van der Waals surface area (Å²) in [6.07, 6.45) is 1.99. The number of fused-ring (bicyclic) bond motifs is 3. The zero-order valence-corrected chi connectivity index (χ0v) is 15.6. The van der Waals surface area contributed by atoms with Crippen LogP contribution in [0.1, 0.15) is 31.2 Å². The molecule has 1 N–H and O–H groups in total. The fourth-order valence-electron chi connectivity index (χ4n) is 3.65. The van der Waals surface area contributed by atoms with E-state index < -0.39 is 9.84 Å². The molecule has 0 bridgehead atoms. The molecule has 0 saturated carbocycles. The Kier molecular flexibility index (Phi) is 4.63. The van der Waals surface area contributed by atoms with Crippen molar-refractivity contribution in [2.24, 2.45) is 0 Å². The van der Waals surface area contributed by atoms with E-state index in [0.29, 0.717) is 24.0 Å². The van der Waals surface area contributed by atoms with Gasteiger partial charge in [0.15, 0.2) is 0 Å². The normalized spacial score (nSPS) is 21.6. The second-order valence-corrected chi connectivity index (χ2v) is 8.73. The Labute approximate surface area is 154 Å². The third-order valence-corrected chi connectivity index (χ3v) is 6.74. The number of hydrogen-bond acceptors (Lipinski definition) is 5. The van der Waals surface area contributed by atoms with Gasteiger partial charge < -0.3 is 14.8 Å². The summed E-state index contributed by atoms with van der Waals surface area (Å²) in [7, 11) is -3.62. The lowest BCUT2D eigenvalue weighted by Crippen LogP contribution is -2.39. The number of rotatable bonds is 5. The Morgan fingerprint density at radius 3 is 2.88 bits per heavy atom. The van der Waals surface area contributed by atoms with Gasteiger partial charge in [0.1, 0.15) is 17.6 Å². The van der Waals surface area contributed by atoms with Crippen LogP contribution in [-0.2, 0) is 9.84 Å². The minimum absolute atomic E-state index is 0.0995. The first kappa shape index (κ1) is 17.4. The van der Waals surface area contributed by atoms with Crippen molar-refractivity contribution in [1.29, 1.82) is 0 Å². The molecule has 2 heterocycles. The van der Waals surface area contributed by atoms with E-state index in [1.54, 1.807) is 36.4 Å². The van der Waals surface area contributed by atoms with Gasteiger partial charge in [-0.05, 0) is 49.7 Å². The fraction of sp³-hybridized carbons (Fsp3) is 0.400. The third-order valence-electron chi connectivity index (χ3n) is 4.99. The molecule has 0 spiro atoms. The van der Waals surface area contributed by atoms with E-state index in [9.17, 15) is 8.42 Å². The third kappa shape index (κ3) is 3.08. The quantitative estimate of drug-likeness (QED) is 0.872. The van der Waals surface area contributed by atoms with Crippen molar-refractivity contribution in [2.75, 3.05) is 19.7 Å². The molecule has 5 nitrogen and oxygen atoms in total. The molecule has 2 aliphatic heterocycles. The highest BCUT2D eigenvalue weighted by molar-refractivity contribution is 7.91. The Bertz CT molecular complexity index is 910. The standard InChI is InChI=1S/C20H23NO4S/c1-2-10-24-14-4-3-5-15(11-14)26(22,23)16-6-7-17-18-8-9-21-13-20(18)25-19(17)12-16/h3-7,11-12,18,20-21H,2,8-10,13H2,1H3. The van der Waals surface area contributed by atoms with Crippen LogP contribution in [0.4, 0.5) is 0 Å². The number of sulfone groups is 1. The summed E-state index contributed by atoms with van der Waals surface area (Å²) >= 11 is 0. The number of benzene rings is 2. The van der Waals surface area contributed by atoms with Crippen LogP contribution < -0.4 is 14.8 Å². The first-order chi connectivity index (χ1) is 12.6. The number of ether oxygens (including phenoxy) is 2. The molecule has 0 aliphatic carbocycles. The molecule has 0 amide bonds. The second-order valence-electron chi connectivity index (χ2n) is 6.78. The van der Waals surface area contributed by atoms with E-state index in [4.69, 9.17) is 9.47 Å². The average molecular weight is 373 g/mol. The Morgan fingerprint density at radius 2 is 2.04 bits per heavy atom. The molecule has 2 unspecified atom stereocenters. The molecule has 4 rings (SSSR count). The predicted octanol–water partition coefficient (Wildman–Crippen LogP) is 3.15. The highest BCUT2D eigenvalue weighted by Crippen LogP contribution is 2.42. The smallest absolute Gasteiger partial charge is 0.206 e. The predicted molar refractivity (Wildman–Crippen MR) is 98.8 cm³/mol. The first-order valence-electron chi connectivity index (χ1n) is 9.09. The van der Waals surface area contributed by atoms with Gasteiger partial charge in [-0.1, -0.05) is 19.1 Å². The van der Waals surface area contributed by atoms with Crippen molar-refractivity contribution in [3.05, 3.63) is 48.0 Å². The molecule has 1 saturated heterocycles. The highest BCUT2D eigenvalue weighted by atomic mass is 32.2. The second kappa shape index (κ2) is 6.93. The summed E-state index contributed by atoms with van der Waals surface area (Å²) in [5.74, 6) is 1.62. The van der Waals surface area contributed by atoms with E-state index >= 15 is 0 Å². The molecule has 0 aromatic heterocycles. The van der Waals surface area contributed by atoms with Crippen LogP contribution in [0.2, 0.25) is 0 Å². The van der Waals surface area contributed by atoms with Crippen molar-refractivity contribution in [2.45, 2.75) is 41.6 Å². The topological polar surface area (TPSA) is 64.6 Å². The number of nitrogens with one attached hydrogen (secondary N) is 1. The average Bonchev–Trinajstić information content (AvgIpc) is 3.04. The Morgan fingerprint density at radius 1 is 1.19 bits per heavy atom. The van der Waals surface area contributed by atoms with Crippen LogP contribution in [0.15, 0.2) is 52.3 Å². The first-order valence-corrected chi connectivity index (χ1v) is 10.6. The van der Waals surface area contributed by atoms with Crippen LogP contribution in [0.5, 0.6) is 11.5 Å². The van der Waals surface area contributed by atoms with Gasteiger partial charge in [0, 0.05) is 18.0 Å². The molecule has 2 aromatic rings. The largest absolute Gasteiger partial charge is 0.494 e. The highest BCUT2D eigenvalue weighted by Gasteiger charge is 2.36. The maximum Gasteiger partial charge on any atom is 0.206 e. The van der Waals surface area contributed by atoms with Gasteiger partial charge in [-0.25, -0.2) is 8.42 Å². The lowest BCUT2D eigenvalue weighted by molar-refractivity contribution is 0.176. The van der Waals surface area contributed by atoms with Gasteiger partial charge in [0.2, 0.25) is 9.84 Å². The van der Waals surface area contributed by atoms with Gasteiger partial charge in [0.05, 0.1) is 16.4 Å². The Hall–Kier alpha value is -2.05. The van der Waals surface area contributed by atoms with Crippen LogP contribution in [0.3, 0.4) is 0 Å². The monoisotopic (exact) mass is 373 g/mol. The van der Waals surface area contributed by atoms with Gasteiger partial charge in [-0.15, -0.1) is 0 Å². The molecule has 2 aliphatic rings. The lowest BCUT2D eigenvalue weighted by Gasteiger charge is -2.24. The maximum absolute atomic E-state index is 13.1. The van der Waals surface area contributed by atoms with E-state index in [2.05, 4.69) is 5.32 Å². The summed E-state index contributed by atoms with van der Waals surface area (Å²) in [5.41, 5.74) is 1.12. The van der Waals surface area contributed by atoms with Crippen LogP contribution in [0, 0.1) is 0 Å². The van der Waals surface area contributed by atoms with E-state index in [0.717, 1.165) is 31.5 Å². The molecule has 2 aromatic carbocycles. The number of piperidine rings is 1.